The van der Waals surface area contributed by atoms with Crippen LogP contribution in [0.15, 0.2) is 5.16 Å². The van der Waals surface area contributed by atoms with Crippen LogP contribution in [0.4, 0.5) is 0 Å². The van der Waals surface area contributed by atoms with Gasteiger partial charge in [0.15, 0.2) is 0 Å². The maximum Gasteiger partial charge on any atom is 0.225 e. The van der Waals surface area contributed by atoms with Crippen LogP contribution < -0.4 is 0 Å². The largest absolute Gasteiger partial charge is 0.479 e. The molecule has 1 heterocycles. The smallest absolute Gasteiger partial charge is 0.225 e. The molecule has 0 aliphatic carbocycles. The van der Waals surface area contributed by atoms with Crippen molar-refractivity contribution in [2.45, 2.75) is 19.8 Å². The Morgan fingerprint density at radius 2 is 2.67 bits per heavy atom. The zero-order chi connectivity index (χ0) is 6.53. The van der Waals surface area contributed by atoms with Gasteiger partial charge in [0, 0.05) is 6.42 Å². The minimum Gasteiger partial charge on any atom is -0.479 e. The van der Waals surface area contributed by atoms with E-state index in [1.165, 1.54) is 0 Å². The molecule has 3 heteroatoms. The number of rotatable bonds is 1. The zero-order valence-electron chi connectivity index (χ0n) is 5.59. The SMILES string of the molecule is CCOC1=NOCCC1. The van der Waals surface area contributed by atoms with Crippen LogP contribution in [0.1, 0.15) is 19.8 Å². The molecule has 0 amide bonds. The maximum absolute atomic E-state index is 5.11. The van der Waals surface area contributed by atoms with Crippen LogP contribution in [-0.2, 0) is 9.57 Å². The van der Waals surface area contributed by atoms with Crippen LogP contribution in [0.5, 0.6) is 0 Å². The molecule has 0 bridgehead atoms. The first-order valence-electron chi connectivity index (χ1n) is 3.25. The van der Waals surface area contributed by atoms with Crippen molar-refractivity contribution in [2.24, 2.45) is 5.16 Å². The summed E-state index contributed by atoms with van der Waals surface area (Å²) in [5.41, 5.74) is 0. The van der Waals surface area contributed by atoms with Gasteiger partial charge in [0.25, 0.3) is 0 Å². The highest BCUT2D eigenvalue weighted by molar-refractivity contribution is 5.75. The molecule has 1 aliphatic rings. The van der Waals surface area contributed by atoms with Crippen LogP contribution in [0, 0.1) is 0 Å². The van der Waals surface area contributed by atoms with Gasteiger partial charge in [0.05, 0.1) is 6.61 Å². The van der Waals surface area contributed by atoms with E-state index in [2.05, 4.69) is 5.16 Å². The predicted octanol–water partition coefficient (Wildman–Crippen LogP) is 1.15. The van der Waals surface area contributed by atoms with E-state index < -0.39 is 0 Å². The molecule has 0 atom stereocenters. The molecular formula is C6H11NO2. The van der Waals surface area contributed by atoms with Crippen LogP contribution in [0.25, 0.3) is 0 Å². The predicted molar refractivity (Wildman–Crippen MR) is 34.2 cm³/mol. The van der Waals surface area contributed by atoms with Crippen molar-refractivity contribution in [3.63, 3.8) is 0 Å². The summed E-state index contributed by atoms with van der Waals surface area (Å²) in [6, 6.07) is 0. The Morgan fingerprint density at radius 1 is 1.78 bits per heavy atom. The van der Waals surface area contributed by atoms with Crippen molar-refractivity contribution in [1.82, 2.24) is 0 Å². The van der Waals surface area contributed by atoms with Gasteiger partial charge in [-0.1, -0.05) is 5.16 Å². The van der Waals surface area contributed by atoms with Gasteiger partial charge in [0.1, 0.15) is 6.61 Å². The molecule has 0 unspecified atom stereocenters. The van der Waals surface area contributed by atoms with E-state index in [4.69, 9.17) is 9.57 Å². The van der Waals surface area contributed by atoms with Gasteiger partial charge in [-0.05, 0) is 13.3 Å². The Bertz CT molecular complexity index is 112. The minimum atomic E-state index is 0.683. The molecule has 1 rings (SSSR count). The topological polar surface area (TPSA) is 30.8 Å². The quantitative estimate of drug-likeness (QED) is 0.531. The third-order valence-corrected chi connectivity index (χ3v) is 1.10. The van der Waals surface area contributed by atoms with E-state index in [0.29, 0.717) is 6.61 Å². The monoisotopic (exact) mass is 129 g/mol. The Balaban J connectivity index is 2.28. The molecule has 0 N–H and O–H groups in total. The summed E-state index contributed by atoms with van der Waals surface area (Å²) >= 11 is 0. The minimum absolute atomic E-state index is 0.683. The molecule has 0 saturated heterocycles. The number of nitrogens with zero attached hydrogens (tertiary/aromatic N) is 1. The summed E-state index contributed by atoms with van der Waals surface area (Å²) in [5, 5.41) is 3.71. The highest BCUT2D eigenvalue weighted by Crippen LogP contribution is 2.02. The lowest BCUT2D eigenvalue weighted by Crippen LogP contribution is -2.11. The van der Waals surface area contributed by atoms with Crippen molar-refractivity contribution in [3.05, 3.63) is 0 Å². The Labute approximate surface area is 54.6 Å². The lowest BCUT2D eigenvalue weighted by Gasteiger charge is -2.10. The second-order valence-electron chi connectivity index (χ2n) is 1.85. The average Bonchev–Trinajstić information content (AvgIpc) is 1.91. The highest BCUT2D eigenvalue weighted by atomic mass is 16.6. The van der Waals surface area contributed by atoms with Crippen LogP contribution in [0.2, 0.25) is 0 Å². The normalized spacial score (nSPS) is 18.1. The second kappa shape index (κ2) is 3.33. The second-order valence-corrected chi connectivity index (χ2v) is 1.85. The number of ether oxygens (including phenoxy) is 1. The lowest BCUT2D eigenvalue weighted by molar-refractivity contribution is 0.112. The number of oxime groups is 1. The zero-order valence-corrected chi connectivity index (χ0v) is 5.59. The van der Waals surface area contributed by atoms with Gasteiger partial charge in [0.2, 0.25) is 5.90 Å². The molecule has 1 aliphatic heterocycles. The van der Waals surface area contributed by atoms with Crippen molar-refractivity contribution in [1.29, 1.82) is 0 Å². The first kappa shape index (κ1) is 6.39. The lowest BCUT2D eigenvalue weighted by atomic mass is 10.3. The Kier molecular flexibility index (Phi) is 2.36. The maximum atomic E-state index is 5.11. The van der Waals surface area contributed by atoms with E-state index in [0.717, 1.165) is 25.3 Å². The third kappa shape index (κ3) is 1.91. The number of hydrogen-bond donors (Lipinski definition) is 0. The molecule has 0 spiro atoms. The van der Waals surface area contributed by atoms with Gasteiger partial charge in [-0.25, -0.2) is 0 Å². The van der Waals surface area contributed by atoms with Gasteiger partial charge >= 0.3 is 0 Å². The van der Waals surface area contributed by atoms with Crippen molar-refractivity contribution < 1.29 is 9.57 Å². The standard InChI is InChI=1S/C6H11NO2/c1-2-8-6-4-3-5-9-7-6/h2-5H2,1H3. The molecule has 52 valence electrons. The first-order valence-corrected chi connectivity index (χ1v) is 3.25. The summed E-state index contributed by atoms with van der Waals surface area (Å²) in [6.07, 6.45) is 1.95. The van der Waals surface area contributed by atoms with Gasteiger partial charge in [-0.15, -0.1) is 0 Å². The fourth-order valence-electron chi connectivity index (χ4n) is 0.716. The van der Waals surface area contributed by atoms with Gasteiger partial charge < -0.3 is 9.57 Å². The van der Waals surface area contributed by atoms with E-state index >= 15 is 0 Å². The number of hydrogen-bond acceptors (Lipinski definition) is 3. The summed E-state index contributed by atoms with van der Waals surface area (Å²) < 4.78 is 5.11. The van der Waals surface area contributed by atoms with Crippen LogP contribution >= 0.6 is 0 Å². The fourth-order valence-corrected chi connectivity index (χ4v) is 0.716. The molecule has 0 aromatic heterocycles. The third-order valence-electron chi connectivity index (χ3n) is 1.10. The van der Waals surface area contributed by atoms with Crippen LogP contribution in [0.3, 0.4) is 0 Å². The molecule has 3 nitrogen and oxygen atoms in total. The van der Waals surface area contributed by atoms with Crippen LogP contribution in [-0.4, -0.2) is 19.1 Å². The summed E-state index contributed by atoms with van der Waals surface area (Å²) in [6.45, 7) is 3.36. The first-order chi connectivity index (χ1) is 4.43. The molecule has 0 aromatic rings. The Hall–Kier alpha value is -0.730. The molecule has 0 saturated carbocycles. The molecule has 0 fully saturated rings. The molecular weight excluding hydrogens is 118 g/mol. The van der Waals surface area contributed by atoms with E-state index in [1.807, 2.05) is 6.92 Å². The fraction of sp³-hybridized carbons (Fsp3) is 0.833. The van der Waals surface area contributed by atoms with E-state index in [9.17, 15) is 0 Å². The van der Waals surface area contributed by atoms with Crippen molar-refractivity contribution in [3.8, 4) is 0 Å². The Morgan fingerprint density at radius 3 is 3.22 bits per heavy atom. The molecule has 0 aromatic carbocycles. The van der Waals surface area contributed by atoms with E-state index in [-0.39, 0.29) is 0 Å². The molecule has 9 heavy (non-hydrogen) atoms. The van der Waals surface area contributed by atoms with E-state index in [1.54, 1.807) is 0 Å². The van der Waals surface area contributed by atoms with Crippen molar-refractivity contribution >= 4 is 5.90 Å². The van der Waals surface area contributed by atoms with Gasteiger partial charge in [-0.3, -0.25) is 0 Å². The van der Waals surface area contributed by atoms with Gasteiger partial charge in [-0.2, -0.15) is 0 Å². The highest BCUT2D eigenvalue weighted by Gasteiger charge is 2.05. The summed E-state index contributed by atoms with van der Waals surface area (Å²) in [5.74, 6) is 0.740. The summed E-state index contributed by atoms with van der Waals surface area (Å²) in [4.78, 5) is 4.80. The summed E-state index contributed by atoms with van der Waals surface area (Å²) in [7, 11) is 0. The van der Waals surface area contributed by atoms with Crippen molar-refractivity contribution in [2.75, 3.05) is 13.2 Å². The molecule has 0 radical (unpaired) electrons. The average molecular weight is 129 g/mol.